The van der Waals surface area contributed by atoms with Crippen molar-refractivity contribution in [3.8, 4) is 11.5 Å². The van der Waals surface area contributed by atoms with Crippen molar-refractivity contribution in [1.29, 1.82) is 0 Å². The number of phenols is 1. The first kappa shape index (κ1) is 7.22. The Bertz CT molecular complexity index is 329. The van der Waals surface area contributed by atoms with E-state index < -0.39 is 0 Å². The minimum absolute atomic E-state index is 0.0966. The number of rotatable bonds is 0. The van der Waals surface area contributed by atoms with Crippen LogP contribution in [0.5, 0.6) is 11.5 Å². The molecule has 0 fully saturated rings. The van der Waals surface area contributed by atoms with Gasteiger partial charge in [0.2, 0.25) is 0 Å². The first-order valence-electron chi connectivity index (χ1n) is 3.94. The first-order valence-corrected chi connectivity index (χ1v) is 3.94. The molecule has 1 N–H and O–H groups in total. The number of hydrogen-bond donors (Lipinski definition) is 1. The normalized spacial score (nSPS) is 19.9. The van der Waals surface area contributed by atoms with Gasteiger partial charge in [-0.15, -0.1) is 0 Å². The number of fused-ring (bicyclic) bond motifs is 1. The summed E-state index contributed by atoms with van der Waals surface area (Å²) in [7, 11) is 0. The fraction of sp³-hybridized carbons (Fsp3) is 0.200. The van der Waals surface area contributed by atoms with Gasteiger partial charge in [-0.2, -0.15) is 0 Å². The molecule has 0 aromatic heterocycles. The van der Waals surface area contributed by atoms with Crippen molar-refractivity contribution in [3.05, 3.63) is 29.8 Å². The van der Waals surface area contributed by atoms with E-state index in [1.165, 1.54) is 0 Å². The Hall–Kier alpha value is -1.44. The zero-order valence-corrected chi connectivity index (χ0v) is 6.82. The van der Waals surface area contributed by atoms with Crippen molar-refractivity contribution < 1.29 is 9.84 Å². The summed E-state index contributed by atoms with van der Waals surface area (Å²) in [5.74, 6) is 1.03. The molecule has 1 aromatic carbocycles. The van der Waals surface area contributed by atoms with E-state index in [9.17, 15) is 5.11 Å². The van der Waals surface area contributed by atoms with Crippen LogP contribution >= 0.6 is 0 Å². The summed E-state index contributed by atoms with van der Waals surface area (Å²) < 4.78 is 5.47. The van der Waals surface area contributed by atoms with E-state index in [0.29, 0.717) is 0 Å². The molecule has 12 heavy (non-hydrogen) atoms. The molecule has 2 nitrogen and oxygen atoms in total. The Morgan fingerprint density at radius 2 is 2.25 bits per heavy atom. The molecule has 1 atom stereocenters. The molecule has 0 unspecified atom stereocenters. The van der Waals surface area contributed by atoms with Crippen molar-refractivity contribution in [3.63, 3.8) is 0 Å². The van der Waals surface area contributed by atoms with Crippen LogP contribution in [-0.2, 0) is 0 Å². The molecule has 0 aliphatic carbocycles. The van der Waals surface area contributed by atoms with E-state index >= 15 is 0 Å². The minimum atomic E-state index is 0.0966. The Morgan fingerprint density at radius 3 is 3.08 bits per heavy atom. The molecule has 62 valence electrons. The Balaban J connectivity index is 2.53. The SMILES string of the molecule is C[C@@H]1C=Cc2c(O)cccc2O1. The van der Waals surface area contributed by atoms with E-state index in [1.807, 2.05) is 25.1 Å². The number of ether oxygens (including phenoxy) is 1. The van der Waals surface area contributed by atoms with Crippen LogP contribution in [0.15, 0.2) is 24.3 Å². The highest BCUT2D eigenvalue weighted by Gasteiger charge is 2.12. The van der Waals surface area contributed by atoms with E-state index in [-0.39, 0.29) is 11.9 Å². The van der Waals surface area contributed by atoms with Crippen LogP contribution in [0, 0.1) is 0 Å². The number of phenolic OH excluding ortho intramolecular Hbond substituents is 1. The van der Waals surface area contributed by atoms with Gasteiger partial charge in [0.15, 0.2) is 0 Å². The van der Waals surface area contributed by atoms with Gasteiger partial charge in [-0.3, -0.25) is 0 Å². The predicted octanol–water partition coefficient (Wildman–Crippen LogP) is 2.19. The lowest BCUT2D eigenvalue weighted by molar-refractivity contribution is 0.264. The van der Waals surface area contributed by atoms with Crippen LogP contribution in [0.1, 0.15) is 12.5 Å². The summed E-state index contributed by atoms with van der Waals surface area (Å²) in [5, 5.41) is 9.41. The minimum Gasteiger partial charge on any atom is -0.507 e. The Kier molecular flexibility index (Phi) is 1.54. The highest BCUT2D eigenvalue weighted by molar-refractivity contribution is 5.65. The highest BCUT2D eigenvalue weighted by atomic mass is 16.5. The summed E-state index contributed by atoms with van der Waals surface area (Å²) in [6, 6.07) is 5.29. The van der Waals surface area contributed by atoms with Gasteiger partial charge >= 0.3 is 0 Å². The van der Waals surface area contributed by atoms with Crippen molar-refractivity contribution in [1.82, 2.24) is 0 Å². The molecule has 0 spiro atoms. The molecule has 0 saturated heterocycles. The summed E-state index contributed by atoms with van der Waals surface area (Å²) in [6.45, 7) is 1.96. The largest absolute Gasteiger partial charge is 0.507 e. The van der Waals surface area contributed by atoms with Crippen LogP contribution in [0.3, 0.4) is 0 Å². The van der Waals surface area contributed by atoms with Gasteiger partial charge in [-0.1, -0.05) is 6.07 Å². The fourth-order valence-corrected chi connectivity index (χ4v) is 1.27. The molecule has 1 heterocycles. The van der Waals surface area contributed by atoms with Gasteiger partial charge in [0.05, 0.1) is 5.56 Å². The second kappa shape index (κ2) is 2.55. The van der Waals surface area contributed by atoms with Crippen LogP contribution in [0.25, 0.3) is 6.08 Å². The monoisotopic (exact) mass is 162 g/mol. The van der Waals surface area contributed by atoms with Crippen molar-refractivity contribution >= 4 is 6.08 Å². The van der Waals surface area contributed by atoms with Crippen molar-refractivity contribution in [2.24, 2.45) is 0 Å². The van der Waals surface area contributed by atoms with Gasteiger partial charge in [0.1, 0.15) is 17.6 Å². The first-order chi connectivity index (χ1) is 5.77. The summed E-state index contributed by atoms with van der Waals surface area (Å²) >= 11 is 0. The second-order valence-corrected chi connectivity index (χ2v) is 2.87. The van der Waals surface area contributed by atoms with E-state index in [4.69, 9.17) is 4.74 Å². The molecule has 0 amide bonds. The molecule has 1 aliphatic heterocycles. The molecule has 0 radical (unpaired) electrons. The molecule has 2 heteroatoms. The molecule has 0 saturated carbocycles. The average Bonchev–Trinajstić information content (AvgIpc) is 2.04. The third-order valence-corrected chi connectivity index (χ3v) is 1.89. The maximum atomic E-state index is 9.41. The number of aromatic hydroxyl groups is 1. The Labute approximate surface area is 71.1 Å². The van der Waals surface area contributed by atoms with Crippen LogP contribution in [0.4, 0.5) is 0 Å². The average molecular weight is 162 g/mol. The molecule has 1 aromatic rings. The fourth-order valence-electron chi connectivity index (χ4n) is 1.27. The van der Waals surface area contributed by atoms with Crippen molar-refractivity contribution in [2.75, 3.05) is 0 Å². The lowest BCUT2D eigenvalue weighted by Crippen LogP contribution is -2.11. The topological polar surface area (TPSA) is 29.5 Å². The highest BCUT2D eigenvalue weighted by Crippen LogP contribution is 2.32. The lowest BCUT2D eigenvalue weighted by Gasteiger charge is -2.18. The number of hydrogen-bond acceptors (Lipinski definition) is 2. The van der Waals surface area contributed by atoms with Gasteiger partial charge in [-0.25, -0.2) is 0 Å². The summed E-state index contributed by atoms with van der Waals surface area (Å²) in [4.78, 5) is 0. The van der Waals surface area contributed by atoms with E-state index in [2.05, 4.69) is 0 Å². The molecular formula is C10H10O2. The van der Waals surface area contributed by atoms with E-state index in [1.54, 1.807) is 12.1 Å². The molecule has 1 aliphatic rings. The zero-order chi connectivity index (χ0) is 8.55. The maximum Gasteiger partial charge on any atom is 0.131 e. The molecule has 0 bridgehead atoms. The third kappa shape index (κ3) is 1.05. The zero-order valence-electron chi connectivity index (χ0n) is 6.82. The molecule has 2 rings (SSSR count). The maximum absolute atomic E-state index is 9.41. The second-order valence-electron chi connectivity index (χ2n) is 2.87. The van der Waals surface area contributed by atoms with Crippen LogP contribution in [-0.4, -0.2) is 11.2 Å². The predicted molar refractivity (Wildman–Crippen MR) is 47.2 cm³/mol. The van der Waals surface area contributed by atoms with Crippen LogP contribution < -0.4 is 4.74 Å². The van der Waals surface area contributed by atoms with Gasteiger partial charge < -0.3 is 9.84 Å². The van der Waals surface area contributed by atoms with E-state index in [0.717, 1.165) is 11.3 Å². The smallest absolute Gasteiger partial charge is 0.131 e. The van der Waals surface area contributed by atoms with Crippen molar-refractivity contribution in [2.45, 2.75) is 13.0 Å². The summed E-state index contributed by atoms with van der Waals surface area (Å²) in [5.41, 5.74) is 0.774. The lowest BCUT2D eigenvalue weighted by atomic mass is 10.1. The molecular weight excluding hydrogens is 152 g/mol. The summed E-state index contributed by atoms with van der Waals surface area (Å²) in [6.07, 6.45) is 3.90. The van der Waals surface area contributed by atoms with Gasteiger partial charge in [0.25, 0.3) is 0 Å². The standard InChI is InChI=1S/C10H10O2/c1-7-5-6-8-9(11)3-2-4-10(8)12-7/h2-7,11H,1H3/t7-/m1/s1. The quantitative estimate of drug-likeness (QED) is 0.633. The van der Waals surface area contributed by atoms with Gasteiger partial charge in [-0.05, 0) is 31.2 Å². The number of benzene rings is 1. The van der Waals surface area contributed by atoms with Crippen LogP contribution in [0.2, 0.25) is 0 Å². The Morgan fingerprint density at radius 1 is 1.42 bits per heavy atom. The van der Waals surface area contributed by atoms with Gasteiger partial charge in [0, 0.05) is 0 Å². The third-order valence-electron chi connectivity index (χ3n) is 1.89.